The van der Waals surface area contributed by atoms with Crippen molar-refractivity contribution in [3.63, 3.8) is 0 Å². The fraction of sp³-hybridized carbons (Fsp3) is 0.667. The Morgan fingerprint density at radius 3 is 2.46 bits per heavy atom. The molecule has 1 aliphatic rings. The lowest BCUT2D eigenvalue weighted by molar-refractivity contribution is -0.138. The zero-order valence-electron chi connectivity index (χ0n) is 14.7. The van der Waals surface area contributed by atoms with Crippen LogP contribution >= 0.6 is 0 Å². The first kappa shape index (κ1) is 20.8. The van der Waals surface area contributed by atoms with Crippen LogP contribution in [0.3, 0.4) is 0 Å². The van der Waals surface area contributed by atoms with Crippen molar-refractivity contribution in [2.45, 2.75) is 31.5 Å². The smallest absolute Gasteiger partial charge is 0.390 e. The number of piperidine rings is 1. The molecule has 1 aliphatic heterocycles. The number of ether oxygens (including phenoxy) is 1. The second-order valence-corrected chi connectivity index (χ2v) is 6.77. The number of alkyl halides is 3. The maximum atomic E-state index is 12.2. The third-order valence-corrected chi connectivity index (χ3v) is 4.51. The first-order valence-electron chi connectivity index (χ1n) is 8.91. The molecule has 1 heterocycles. The molecule has 5 nitrogen and oxygen atoms in total. The summed E-state index contributed by atoms with van der Waals surface area (Å²) < 4.78 is 42.1. The maximum absolute atomic E-state index is 12.2. The summed E-state index contributed by atoms with van der Waals surface area (Å²) in [5.41, 5.74) is 0. The molecular weight excluding hydrogens is 349 g/mol. The number of aromatic hydroxyl groups is 1. The number of phenolic OH excluding ortho intramolecular Hbond substituents is 1. The molecule has 0 amide bonds. The van der Waals surface area contributed by atoms with E-state index in [1.165, 1.54) is 12.1 Å². The second kappa shape index (κ2) is 9.99. The predicted molar refractivity (Wildman–Crippen MR) is 92.3 cm³/mol. The first-order valence-corrected chi connectivity index (χ1v) is 8.91. The molecule has 0 aromatic heterocycles. The summed E-state index contributed by atoms with van der Waals surface area (Å²) >= 11 is 0. The van der Waals surface area contributed by atoms with E-state index in [0.717, 1.165) is 19.4 Å². The van der Waals surface area contributed by atoms with E-state index in [9.17, 15) is 23.4 Å². The molecule has 148 valence electrons. The summed E-state index contributed by atoms with van der Waals surface area (Å²) in [5, 5.41) is 22.3. The van der Waals surface area contributed by atoms with Gasteiger partial charge < -0.3 is 25.2 Å². The molecule has 1 saturated heterocycles. The topological polar surface area (TPSA) is 65.0 Å². The van der Waals surface area contributed by atoms with E-state index in [1.54, 1.807) is 12.1 Å². The quantitative estimate of drug-likeness (QED) is 0.618. The molecule has 0 saturated carbocycles. The minimum atomic E-state index is -4.09. The summed E-state index contributed by atoms with van der Waals surface area (Å²) in [4.78, 5) is 1.87. The number of hydrogen-bond donors (Lipinski definition) is 3. The zero-order chi connectivity index (χ0) is 19.0. The van der Waals surface area contributed by atoms with Crippen LogP contribution in [0.5, 0.6) is 11.5 Å². The van der Waals surface area contributed by atoms with Gasteiger partial charge in [0.1, 0.15) is 24.2 Å². The molecule has 1 aromatic carbocycles. The van der Waals surface area contributed by atoms with Crippen LogP contribution in [0.1, 0.15) is 19.3 Å². The highest BCUT2D eigenvalue weighted by molar-refractivity contribution is 5.30. The highest BCUT2D eigenvalue weighted by atomic mass is 19.4. The number of nitrogens with one attached hydrogen (secondary N) is 1. The van der Waals surface area contributed by atoms with Gasteiger partial charge in [-0.15, -0.1) is 0 Å². The van der Waals surface area contributed by atoms with Crippen LogP contribution in [0.15, 0.2) is 24.3 Å². The molecule has 3 N–H and O–H groups in total. The Morgan fingerprint density at radius 2 is 1.85 bits per heavy atom. The van der Waals surface area contributed by atoms with Crippen LogP contribution in [0, 0.1) is 5.92 Å². The van der Waals surface area contributed by atoms with E-state index >= 15 is 0 Å². The van der Waals surface area contributed by atoms with Crippen molar-refractivity contribution < 1.29 is 28.1 Å². The van der Waals surface area contributed by atoms with Crippen molar-refractivity contribution >= 4 is 0 Å². The van der Waals surface area contributed by atoms with Crippen molar-refractivity contribution in [2.24, 2.45) is 5.92 Å². The van der Waals surface area contributed by atoms with Gasteiger partial charge in [-0.05, 0) is 62.7 Å². The molecule has 1 aromatic rings. The average Bonchev–Trinajstić information content (AvgIpc) is 2.60. The minimum absolute atomic E-state index is 0.0803. The number of aliphatic hydroxyl groups excluding tert-OH is 1. The van der Waals surface area contributed by atoms with Crippen molar-refractivity contribution in [3.8, 4) is 11.5 Å². The van der Waals surface area contributed by atoms with E-state index < -0.39 is 18.7 Å². The molecule has 0 bridgehead atoms. The van der Waals surface area contributed by atoms with Crippen LogP contribution in [0.2, 0.25) is 0 Å². The Hall–Kier alpha value is -1.51. The van der Waals surface area contributed by atoms with Gasteiger partial charge in [-0.25, -0.2) is 0 Å². The standard InChI is InChI=1S/C18H27F3N2O3/c19-18(20,21)7-10-23-8-5-14(6-9-23)11-22-12-16(25)13-26-17-3-1-15(24)2-4-17/h1-4,14,16,22,24-25H,5-13H2/t16-/m1/s1. The molecule has 1 atom stereocenters. The number of benzene rings is 1. The lowest BCUT2D eigenvalue weighted by Gasteiger charge is -2.32. The van der Waals surface area contributed by atoms with Crippen LogP contribution < -0.4 is 10.1 Å². The Kier molecular flexibility index (Phi) is 7.99. The third-order valence-electron chi connectivity index (χ3n) is 4.51. The van der Waals surface area contributed by atoms with Crippen LogP contribution in [-0.4, -0.2) is 66.7 Å². The summed E-state index contributed by atoms with van der Waals surface area (Å²) in [6.07, 6.45) is -3.76. The number of nitrogens with zero attached hydrogens (tertiary/aromatic N) is 1. The van der Waals surface area contributed by atoms with Crippen LogP contribution in [-0.2, 0) is 0 Å². The van der Waals surface area contributed by atoms with Gasteiger partial charge in [0, 0.05) is 13.1 Å². The lowest BCUT2D eigenvalue weighted by atomic mass is 9.96. The average molecular weight is 376 g/mol. The Labute approximate surface area is 151 Å². The molecular formula is C18H27F3N2O3. The molecule has 0 radical (unpaired) electrons. The highest BCUT2D eigenvalue weighted by Gasteiger charge is 2.29. The summed E-state index contributed by atoms with van der Waals surface area (Å²) in [6.45, 7) is 2.74. The summed E-state index contributed by atoms with van der Waals surface area (Å²) in [7, 11) is 0. The monoisotopic (exact) mass is 376 g/mol. The first-order chi connectivity index (χ1) is 12.3. The van der Waals surface area contributed by atoms with E-state index in [2.05, 4.69) is 5.32 Å². The fourth-order valence-corrected chi connectivity index (χ4v) is 2.95. The van der Waals surface area contributed by atoms with E-state index in [0.29, 0.717) is 31.3 Å². The Morgan fingerprint density at radius 1 is 1.19 bits per heavy atom. The molecule has 8 heteroatoms. The van der Waals surface area contributed by atoms with Gasteiger partial charge in [0.05, 0.1) is 6.42 Å². The van der Waals surface area contributed by atoms with Gasteiger partial charge in [-0.3, -0.25) is 0 Å². The molecule has 1 fully saturated rings. The van der Waals surface area contributed by atoms with Crippen LogP contribution in [0.4, 0.5) is 13.2 Å². The second-order valence-electron chi connectivity index (χ2n) is 6.77. The number of halogens is 3. The van der Waals surface area contributed by atoms with Crippen molar-refractivity contribution in [1.82, 2.24) is 10.2 Å². The van der Waals surface area contributed by atoms with E-state index in [4.69, 9.17) is 4.74 Å². The number of aliphatic hydroxyl groups is 1. The van der Waals surface area contributed by atoms with E-state index in [-0.39, 0.29) is 18.9 Å². The molecule has 0 spiro atoms. The maximum Gasteiger partial charge on any atom is 0.390 e. The fourth-order valence-electron chi connectivity index (χ4n) is 2.95. The largest absolute Gasteiger partial charge is 0.508 e. The van der Waals surface area contributed by atoms with Gasteiger partial charge in [0.15, 0.2) is 0 Å². The minimum Gasteiger partial charge on any atom is -0.508 e. The van der Waals surface area contributed by atoms with E-state index in [1.807, 2.05) is 4.90 Å². The lowest BCUT2D eigenvalue weighted by Crippen LogP contribution is -2.40. The molecule has 26 heavy (non-hydrogen) atoms. The number of hydrogen-bond acceptors (Lipinski definition) is 5. The number of phenols is 1. The Balaban J connectivity index is 1.54. The predicted octanol–water partition coefficient (Wildman–Crippen LogP) is 2.39. The van der Waals surface area contributed by atoms with Gasteiger partial charge in [0.2, 0.25) is 0 Å². The van der Waals surface area contributed by atoms with Crippen LogP contribution in [0.25, 0.3) is 0 Å². The Bertz CT molecular complexity index is 517. The molecule has 0 unspecified atom stereocenters. The SMILES string of the molecule is Oc1ccc(OC[C@H](O)CNCC2CCN(CCC(F)(F)F)CC2)cc1. The van der Waals surface area contributed by atoms with Crippen molar-refractivity contribution in [3.05, 3.63) is 24.3 Å². The third kappa shape index (κ3) is 8.25. The normalized spacial score (nSPS) is 18.0. The summed E-state index contributed by atoms with van der Waals surface area (Å²) in [6, 6.07) is 6.28. The number of likely N-dealkylation sites (tertiary alicyclic amines) is 1. The van der Waals surface area contributed by atoms with Crippen molar-refractivity contribution in [2.75, 3.05) is 39.3 Å². The molecule has 2 rings (SSSR count). The van der Waals surface area contributed by atoms with Crippen molar-refractivity contribution in [1.29, 1.82) is 0 Å². The van der Waals surface area contributed by atoms with Gasteiger partial charge in [0.25, 0.3) is 0 Å². The summed E-state index contributed by atoms with van der Waals surface area (Å²) in [5.74, 6) is 1.15. The van der Waals surface area contributed by atoms with Gasteiger partial charge in [-0.1, -0.05) is 0 Å². The van der Waals surface area contributed by atoms with Gasteiger partial charge in [-0.2, -0.15) is 13.2 Å². The van der Waals surface area contributed by atoms with Gasteiger partial charge >= 0.3 is 6.18 Å². The highest BCUT2D eigenvalue weighted by Crippen LogP contribution is 2.22. The zero-order valence-corrected chi connectivity index (χ0v) is 14.7. The number of rotatable bonds is 9. The molecule has 0 aliphatic carbocycles.